The zero-order chi connectivity index (χ0) is 38.5. The average molecular weight is 738 g/mol. The molecule has 0 unspecified atom stereocenters. The summed E-state index contributed by atoms with van der Waals surface area (Å²) < 4.78 is 15.7. The standard InChI is InChI=1S/C40H47N7O7/c1-23(2)33(44-39(50)52-5)37(48)46-19-7-9-30(46)29-21-41-35(43-29)28-17-13-26(14-18-28)25-11-15-27(16-12-25)32-22-42-36(54-32)31-10-8-20-47(31)38(49)34(24(3)4)45-40(51)53-6/h11-18,21-23,30-31,33H,7-10,19-20H2,1-6H3,(H,41,43)(H,44,50)(H,45,51)/t30-,31-,33-/m0/s1. The van der Waals surface area contributed by atoms with Crippen molar-refractivity contribution in [2.75, 3.05) is 27.3 Å². The Morgan fingerprint density at radius 3 is 2.00 bits per heavy atom. The average Bonchev–Trinajstić information content (AvgIpc) is 4.02. The van der Waals surface area contributed by atoms with E-state index < -0.39 is 18.2 Å². The van der Waals surface area contributed by atoms with E-state index in [1.165, 1.54) is 14.2 Å². The molecule has 0 radical (unpaired) electrons. The summed E-state index contributed by atoms with van der Waals surface area (Å²) in [6, 6.07) is 14.9. The van der Waals surface area contributed by atoms with E-state index in [1.54, 1.807) is 31.1 Å². The van der Waals surface area contributed by atoms with Crippen LogP contribution in [0.2, 0.25) is 0 Å². The summed E-state index contributed by atoms with van der Waals surface area (Å²) in [5, 5.41) is 5.24. The summed E-state index contributed by atoms with van der Waals surface area (Å²) in [5.74, 6) is 1.21. The highest BCUT2D eigenvalue weighted by atomic mass is 16.5. The summed E-state index contributed by atoms with van der Waals surface area (Å²) >= 11 is 0. The molecule has 14 heteroatoms. The van der Waals surface area contributed by atoms with Crippen LogP contribution in [0.5, 0.6) is 0 Å². The van der Waals surface area contributed by atoms with Gasteiger partial charge in [0.15, 0.2) is 5.76 Å². The zero-order valence-electron chi connectivity index (χ0n) is 31.5. The van der Waals surface area contributed by atoms with Gasteiger partial charge in [0.2, 0.25) is 11.8 Å². The summed E-state index contributed by atoms with van der Waals surface area (Å²) in [5.41, 5.74) is 5.52. The van der Waals surface area contributed by atoms with Crippen LogP contribution in [0.3, 0.4) is 0 Å². The molecule has 2 aromatic carbocycles. The van der Waals surface area contributed by atoms with Crippen LogP contribution in [0.4, 0.5) is 9.59 Å². The maximum absolute atomic E-state index is 13.5. The monoisotopic (exact) mass is 737 g/mol. The first-order valence-electron chi connectivity index (χ1n) is 18.2. The highest BCUT2D eigenvalue weighted by molar-refractivity contribution is 5.97. The summed E-state index contributed by atoms with van der Waals surface area (Å²) in [7, 11) is 2.54. The van der Waals surface area contributed by atoms with Crippen molar-refractivity contribution in [2.24, 2.45) is 5.92 Å². The van der Waals surface area contributed by atoms with Gasteiger partial charge < -0.3 is 34.0 Å². The molecule has 0 bridgehead atoms. The molecule has 0 saturated carbocycles. The van der Waals surface area contributed by atoms with Crippen LogP contribution in [-0.4, -0.2) is 82.1 Å². The van der Waals surface area contributed by atoms with E-state index in [0.29, 0.717) is 42.6 Å². The van der Waals surface area contributed by atoms with Gasteiger partial charge in [-0.05, 0) is 62.1 Å². The molecule has 4 heterocycles. The highest BCUT2D eigenvalue weighted by Crippen LogP contribution is 2.36. The minimum Gasteiger partial charge on any atom is -0.453 e. The number of carbonyl (C=O) groups excluding carboxylic acids is 4. The number of H-pyrrole nitrogens is 1. The molecule has 2 aliphatic rings. The lowest BCUT2D eigenvalue weighted by Crippen LogP contribution is -2.51. The van der Waals surface area contributed by atoms with Gasteiger partial charge in [-0.25, -0.2) is 19.6 Å². The fourth-order valence-corrected chi connectivity index (χ4v) is 7.06. The fraction of sp³-hybridized carbons (Fsp3) is 0.400. The summed E-state index contributed by atoms with van der Waals surface area (Å²) in [6.07, 6.45) is 5.27. The number of oxazole rings is 1. The molecular weight excluding hydrogens is 690 g/mol. The Bertz CT molecular complexity index is 2010. The number of allylic oxidation sites excluding steroid dienone is 1. The molecule has 0 aliphatic carbocycles. The number of hydrogen-bond donors (Lipinski definition) is 3. The number of nitrogens with one attached hydrogen (secondary N) is 3. The molecule has 4 aromatic rings. The fourth-order valence-electron chi connectivity index (χ4n) is 7.06. The van der Waals surface area contributed by atoms with Crippen LogP contribution in [0.15, 0.2) is 76.6 Å². The quantitative estimate of drug-likeness (QED) is 0.149. The highest BCUT2D eigenvalue weighted by Gasteiger charge is 2.38. The van der Waals surface area contributed by atoms with Gasteiger partial charge in [-0.1, -0.05) is 62.4 Å². The van der Waals surface area contributed by atoms with E-state index in [4.69, 9.17) is 13.9 Å². The maximum atomic E-state index is 13.5. The van der Waals surface area contributed by atoms with Gasteiger partial charge in [0.05, 0.1) is 38.3 Å². The number of aromatic nitrogens is 3. The predicted molar refractivity (Wildman–Crippen MR) is 200 cm³/mol. The number of nitrogens with zero attached hydrogens (tertiary/aromatic N) is 4. The molecule has 2 aromatic heterocycles. The molecule has 284 valence electrons. The molecule has 3 N–H and O–H groups in total. The lowest BCUT2D eigenvalue weighted by atomic mass is 10.0. The number of rotatable bonds is 10. The largest absolute Gasteiger partial charge is 0.453 e. The number of carbonyl (C=O) groups is 4. The second-order valence-corrected chi connectivity index (χ2v) is 14.1. The SMILES string of the molecule is COC(=O)NC(C(=O)N1CCC[C@H]1c1ncc(-c2ccc(-c3ccc(-c4ncc([C@@H]5CCCN5C(=O)[C@@H](NC(=O)OC)C(C)C)[nH]4)cc3)cc2)o1)=C(C)C. The molecule has 2 aliphatic heterocycles. The Hall–Kier alpha value is -5.92. The Labute approximate surface area is 314 Å². The van der Waals surface area contributed by atoms with Gasteiger partial charge in [0.25, 0.3) is 5.91 Å². The lowest BCUT2D eigenvalue weighted by Gasteiger charge is -2.30. The van der Waals surface area contributed by atoms with Crippen molar-refractivity contribution in [1.29, 1.82) is 0 Å². The van der Waals surface area contributed by atoms with E-state index in [2.05, 4.69) is 25.6 Å². The third-order valence-corrected chi connectivity index (χ3v) is 9.99. The van der Waals surface area contributed by atoms with E-state index in [1.807, 2.05) is 67.3 Å². The van der Waals surface area contributed by atoms with Crippen molar-refractivity contribution in [3.63, 3.8) is 0 Å². The predicted octanol–water partition coefficient (Wildman–Crippen LogP) is 6.76. The second-order valence-electron chi connectivity index (χ2n) is 14.1. The minimum atomic E-state index is -0.699. The topological polar surface area (TPSA) is 172 Å². The third kappa shape index (κ3) is 8.02. The second kappa shape index (κ2) is 16.4. The number of benzene rings is 2. The van der Waals surface area contributed by atoms with Crippen molar-refractivity contribution in [2.45, 2.75) is 71.5 Å². The number of amides is 4. The summed E-state index contributed by atoms with van der Waals surface area (Å²) in [6.45, 7) is 8.44. The van der Waals surface area contributed by atoms with Crippen LogP contribution >= 0.6 is 0 Å². The zero-order valence-corrected chi connectivity index (χ0v) is 31.5. The number of imidazole rings is 1. The first-order chi connectivity index (χ1) is 26.0. The van der Waals surface area contributed by atoms with E-state index in [9.17, 15) is 19.2 Å². The number of methoxy groups -OCH3 is 2. The molecular formula is C40H47N7O7. The smallest absolute Gasteiger partial charge is 0.411 e. The number of alkyl carbamates (subject to hydrolysis) is 2. The van der Waals surface area contributed by atoms with E-state index >= 15 is 0 Å². The maximum Gasteiger partial charge on any atom is 0.411 e. The first-order valence-corrected chi connectivity index (χ1v) is 18.2. The Morgan fingerprint density at radius 2 is 1.39 bits per heavy atom. The van der Waals surface area contributed by atoms with Crippen molar-refractivity contribution < 1.29 is 33.1 Å². The third-order valence-electron chi connectivity index (χ3n) is 9.99. The normalized spacial score (nSPS) is 17.3. The molecule has 14 nitrogen and oxygen atoms in total. The van der Waals surface area contributed by atoms with Crippen molar-refractivity contribution in [3.8, 4) is 33.8 Å². The Balaban J connectivity index is 1.11. The number of hydrogen-bond acceptors (Lipinski definition) is 9. The van der Waals surface area contributed by atoms with Gasteiger partial charge in [-0.2, -0.15) is 0 Å². The van der Waals surface area contributed by atoms with Gasteiger partial charge >= 0.3 is 12.2 Å². The number of ether oxygens (including phenoxy) is 2. The van der Waals surface area contributed by atoms with E-state index in [0.717, 1.165) is 47.2 Å². The molecule has 2 saturated heterocycles. The van der Waals surface area contributed by atoms with Crippen molar-refractivity contribution >= 4 is 24.0 Å². The van der Waals surface area contributed by atoms with E-state index in [-0.39, 0.29) is 35.5 Å². The molecule has 3 atom stereocenters. The van der Waals surface area contributed by atoms with Gasteiger partial charge in [-0.15, -0.1) is 0 Å². The van der Waals surface area contributed by atoms with Crippen LogP contribution in [0.25, 0.3) is 33.8 Å². The lowest BCUT2D eigenvalue weighted by molar-refractivity contribution is -0.135. The van der Waals surface area contributed by atoms with Crippen molar-refractivity contribution in [1.82, 2.24) is 35.4 Å². The summed E-state index contributed by atoms with van der Waals surface area (Å²) in [4.78, 5) is 66.9. The Morgan fingerprint density at radius 1 is 0.796 bits per heavy atom. The molecule has 2 fully saturated rings. The van der Waals surface area contributed by atoms with Crippen LogP contribution in [0, 0.1) is 5.92 Å². The van der Waals surface area contributed by atoms with Crippen LogP contribution < -0.4 is 10.6 Å². The van der Waals surface area contributed by atoms with Crippen LogP contribution in [-0.2, 0) is 19.1 Å². The van der Waals surface area contributed by atoms with Gasteiger partial charge in [0.1, 0.15) is 23.6 Å². The number of likely N-dealkylation sites (tertiary alicyclic amines) is 2. The molecule has 4 amide bonds. The molecule has 0 spiro atoms. The van der Waals surface area contributed by atoms with Crippen molar-refractivity contribution in [3.05, 3.63) is 83.8 Å². The minimum absolute atomic E-state index is 0.104. The number of aromatic amines is 1. The van der Waals surface area contributed by atoms with Gasteiger partial charge in [-0.3, -0.25) is 14.9 Å². The Kier molecular flexibility index (Phi) is 11.5. The van der Waals surface area contributed by atoms with Gasteiger partial charge in [0, 0.05) is 24.2 Å². The molecule has 54 heavy (non-hydrogen) atoms. The molecule has 6 rings (SSSR count). The first kappa shape index (κ1) is 37.8. The van der Waals surface area contributed by atoms with Crippen LogP contribution in [0.1, 0.15) is 77.0 Å².